The van der Waals surface area contributed by atoms with E-state index >= 15 is 0 Å². The second-order valence-corrected chi connectivity index (χ2v) is 4.35. The van der Waals surface area contributed by atoms with Gasteiger partial charge in [-0.1, -0.05) is 13.3 Å². The van der Waals surface area contributed by atoms with Crippen LogP contribution in [0.1, 0.15) is 30.0 Å². The van der Waals surface area contributed by atoms with E-state index in [1.54, 1.807) is 11.3 Å². The number of hydrogen-bond donors (Lipinski definition) is 1. The molecule has 0 aliphatic carbocycles. The first-order valence-corrected chi connectivity index (χ1v) is 5.45. The van der Waals surface area contributed by atoms with Crippen molar-refractivity contribution in [1.29, 1.82) is 0 Å². The largest absolute Gasteiger partial charge is 0.478 e. The van der Waals surface area contributed by atoms with Crippen LogP contribution in [0.15, 0.2) is 18.2 Å². The standard InChI is InChI=1S/C11H14O2S/c1-3-4-9-5-6-10(14-9)8(2)7-11(12)13/h5-7H,3-4H2,1-2H3,(H,12,13)/b8-7+. The minimum Gasteiger partial charge on any atom is -0.478 e. The van der Waals surface area contributed by atoms with Gasteiger partial charge in [-0.15, -0.1) is 11.3 Å². The van der Waals surface area contributed by atoms with Gasteiger partial charge in [0.25, 0.3) is 0 Å². The van der Waals surface area contributed by atoms with Crippen molar-refractivity contribution < 1.29 is 9.90 Å². The van der Waals surface area contributed by atoms with Gasteiger partial charge in [0.15, 0.2) is 0 Å². The molecule has 0 aliphatic rings. The number of aliphatic carboxylic acids is 1. The average Bonchev–Trinajstić information content (AvgIpc) is 2.52. The molecule has 0 radical (unpaired) electrons. The second kappa shape index (κ2) is 4.96. The lowest BCUT2D eigenvalue weighted by molar-refractivity contribution is -0.131. The summed E-state index contributed by atoms with van der Waals surface area (Å²) in [5.41, 5.74) is 0.824. The summed E-state index contributed by atoms with van der Waals surface area (Å²) in [6.45, 7) is 3.97. The SMILES string of the molecule is CCCc1ccc(/C(C)=C/C(=O)O)s1. The van der Waals surface area contributed by atoms with Crippen molar-refractivity contribution in [1.82, 2.24) is 0 Å². The van der Waals surface area contributed by atoms with Crippen LogP contribution in [0.25, 0.3) is 5.57 Å². The van der Waals surface area contributed by atoms with Gasteiger partial charge in [0.05, 0.1) is 0 Å². The molecule has 2 nitrogen and oxygen atoms in total. The summed E-state index contributed by atoms with van der Waals surface area (Å²) in [5, 5.41) is 8.58. The Labute approximate surface area is 87.9 Å². The number of thiophene rings is 1. The molecule has 1 heterocycles. The van der Waals surface area contributed by atoms with E-state index in [0.29, 0.717) is 0 Å². The monoisotopic (exact) mass is 210 g/mol. The molecular formula is C11H14O2S. The summed E-state index contributed by atoms with van der Waals surface area (Å²) in [4.78, 5) is 12.8. The summed E-state index contributed by atoms with van der Waals surface area (Å²) in [6.07, 6.45) is 3.45. The van der Waals surface area contributed by atoms with E-state index in [-0.39, 0.29) is 0 Å². The Balaban J connectivity index is 2.81. The van der Waals surface area contributed by atoms with E-state index in [2.05, 4.69) is 13.0 Å². The van der Waals surface area contributed by atoms with Gasteiger partial charge in [0.2, 0.25) is 0 Å². The van der Waals surface area contributed by atoms with Crippen LogP contribution in [-0.4, -0.2) is 11.1 Å². The highest BCUT2D eigenvalue weighted by Gasteiger charge is 2.02. The topological polar surface area (TPSA) is 37.3 Å². The van der Waals surface area contributed by atoms with Crippen molar-refractivity contribution in [2.75, 3.05) is 0 Å². The smallest absolute Gasteiger partial charge is 0.328 e. The normalized spacial score (nSPS) is 11.7. The fraction of sp³-hybridized carbons (Fsp3) is 0.364. The molecule has 0 atom stereocenters. The Hall–Kier alpha value is -1.09. The number of aryl methyl sites for hydroxylation is 1. The lowest BCUT2D eigenvalue weighted by Gasteiger charge is -1.93. The van der Waals surface area contributed by atoms with Crippen LogP contribution in [-0.2, 0) is 11.2 Å². The number of carbonyl (C=O) groups is 1. The minimum absolute atomic E-state index is 0.824. The number of rotatable bonds is 4. The van der Waals surface area contributed by atoms with Gasteiger partial charge < -0.3 is 5.11 Å². The Morgan fingerprint density at radius 2 is 2.29 bits per heavy atom. The molecule has 0 unspecified atom stereocenters. The Morgan fingerprint density at radius 3 is 2.86 bits per heavy atom. The lowest BCUT2D eigenvalue weighted by atomic mass is 10.2. The third-order valence-corrected chi connectivity index (χ3v) is 3.17. The van der Waals surface area contributed by atoms with Crippen molar-refractivity contribution >= 4 is 22.9 Å². The summed E-state index contributed by atoms with van der Waals surface area (Å²) in [6, 6.07) is 4.06. The van der Waals surface area contributed by atoms with E-state index in [1.165, 1.54) is 11.0 Å². The van der Waals surface area contributed by atoms with Crippen LogP contribution in [0.2, 0.25) is 0 Å². The first-order valence-electron chi connectivity index (χ1n) is 4.63. The second-order valence-electron chi connectivity index (χ2n) is 3.18. The quantitative estimate of drug-likeness (QED) is 0.775. The van der Waals surface area contributed by atoms with Crippen LogP contribution >= 0.6 is 11.3 Å². The molecule has 1 N–H and O–H groups in total. The van der Waals surface area contributed by atoms with Gasteiger partial charge in [-0.3, -0.25) is 0 Å². The molecule has 0 aromatic carbocycles. The number of carboxylic acids is 1. The van der Waals surface area contributed by atoms with E-state index < -0.39 is 5.97 Å². The van der Waals surface area contributed by atoms with Crippen LogP contribution in [0, 0.1) is 0 Å². The highest BCUT2D eigenvalue weighted by Crippen LogP contribution is 2.24. The van der Waals surface area contributed by atoms with Gasteiger partial charge >= 0.3 is 5.97 Å². The predicted octanol–water partition coefficient (Wildman–Crippen LogP) is 3.19. The molecule has 1 aromatic heterocycles. The first-order chi connectivity index (χ1) is 6.63. The predicted molar refractivity (Wildman–Crippen MR) is 59.6 cm³/mol. The molecular weight excluding hydrogens is 196 g/mol. The Morgan fingerprint density at radius 1 is 1.57 bits per heavy atom. The maximum Gasteiger partial charge on any atom is 0.328 e. The van der Waals surface area contributed by atoms with Gasteiger partial charge in [0.1, 0.15) is 0 Å². The third kappa shape index (κ3) is 3.00. The van der Waals surface area contributed by atoms with Crippen LogP contribution < -0.4 is 0 Å². The van der Waals surface area contributed by atoms with E-state index in [4.69, 9.17) is 5.11 Å². The van der Waals surface area contributed by atoms with Crippen molar-refractivity contribution in [2.45, 2.75) is 26.7 Å². The van der Waals surface area contributed by atoms with Gasteiger partial charge in [-0.05, 0) is 31.1 Å². The van der Waals surface area contributed by atoms with Gasteiger partial charge in [-0.25, -0.2) is 4.79 Å². The van der Waals surface area contributed by atoms with Crippen molar-refractivity contribution in [3.63, 3.8) is 0 Å². The zero-order valence-corrected chi connectivity index (χ0v) is 9.23. The fourth-order valence-corrected chi connectivity index (χ4v) is 2.31. The summed E-state index contributed by atoms with van der Waals surface area (Å²) in [5.74, 6) is -0.882. The molecule has 14 heavy (non-hydrogen) atoms. The fourth-order valence-electron chi connectivity index (χ4n) is 1.23. The van der Waals surface area contributed by atoms with Gasteiger partial charge in [-0.2, -0.15) is 0 Å². The maximum atomic E-state index is 10.4. The highest BCUT2D eigenvalue weighted by atomic mass is 32.1. The molecule has 0 spiro atoms. The molecule has 76 valence electrons. The van der Waals surface area contributed by atoms with E-state index in [0.717, 1.165) is 23.3 Å². The molecule has 0 saturated heterocycles. The minimum atomic E-state index is -0.882. The average molecular weight is 210 g/mol. The van der Waals surface area contributed by atoms with E-state index in [1.807, 2.05) is 13.0 Å². The zero-order valence-electron chi connectivity index (χ0n) is 8.41. The maximum absolute atomic E-state index is 10.4. The molecule has 0 amide bonds. The molecule has 1 rings (SSSR count). The van der Waals surface area contributed by atoms with Crippen LogP contribution in [0.4, 0.5) is 0 Å². The highest BCUT2D eigenvalue weighted by molar-refractivity contribution is 7.13. The lowest BCUT2D eigenvalue weighted by Crippen LogP contribution is -1.88. The Bertz CT molecular complexity index is 350. The molecule has 0 bridgehead atoms. The summed E-state index contributed by atoms with van der Waals surface area (Å²) >= 11 is 1.68. The number of allylic oxidation sites excluding steroid dienone is 1. The number of hydrogen-bond acceptors (Lipinski definition) is 2. The molecule has 3 heteroatoms. The third-order valence-electron chi connectivity index (χ3n) is 1.89. The van der Waals surface area contributed by atoms with Crippen LogP contribution in [0.5, 0.6) is 0 Å². The first kappa shape index (κ1) is 11.0. The molecule has 0 fully saturated rings. The molecule has 1 aromatic rings. The van der Waals surface area contributed by atoms with Crippen LogP contribution in [0.3, 0.4) is 0 Å². The molecule has 0 saturated carbocycles. The van der Waals surface area contributed by atoms with Gasteiger partial charge in [0, 0.05) is 15.8 Å². The summed E-state index contributed by atoms with van der Waals surface area (Å²) < 4.78 is 0. The van der Waals surface area contributed by atoms with E-state index in [9.17, 15) is 4.79 Å². The molecule has 0 aliphatic heterocycles. The van der Waals surface area contributed by atoms with Crippen molar-refractivity contribution in [3.8, 4) is 0 Å². The zero-order chi connectivity index (χ0) is 10.6. The van der Waals surface area contributed by atoms with Crippen molar-refractivity contribution in [3.05, 3.63) is 28.0 Å². The van der Waals surface area contributed by atoms with Crippen molar-refractivity contribution in [2.24, 2.45) is 0 Å². The summed E-state index contributed by atoms with van der Waals surface area (Å²) in [7, 11) is 0. The Kier molecular flexibility index (Phi) is 3.89. The number of carboxylic acid groups (broad SMARTS) is 1.